The highest BCUT2D eigenvalue weighted by molar-refractivity contribution is 5.00. The maximum atomic E-state index is 5.93. The van der Waals surface area contributed by atoms with Crippen LogP contribution in [0.5, 0.6) is 0 Å². The van der Waals surface area contributed by atoms with E-state index in [1.807, 2.05) is 4.68 Å². The highest BCUT2D eigenvalue weighted by Gasteiger charge is 2.22. The van der Waals surface area contributed by atoms with E-state index < -0.39 is 0 Å². The molecule has 16 heavy (non-hydrogen) atoms. The van der Waals surface area contributed by atoms with Gasteiger partial charge in [0.05, 0.1) is 0 Å². The van der Waals surface area contributed by atoms with E-state index in [2.05, 4.69) is 15.4 Å². The van der Waals surface area contributed by atoms with Crippen molar-refractivity contribution >= 4 is 0 Å². The number of fused-ring (bicyclic) bond motifs is 1. The molecule has 2 atom stereocenters. The molecular formula is C11H19N5. The minimum absolute atomic E-state index is 0.276. The van der Waals surface area contributed by atoms with Gasteiger partial charge in [-0.25, -0.2) is 9.67 Å². The zero-order valence-electron chi connectivity index (χ0n) is 9.52. The van der Waals surface area contributed by atoms with Crippen LogP contribution in [0.4, 0.5) is 0 Å². The van der Waals surface area contributed by atoms with Crippen molar-refractivity contribution in [1.82, 2.24) is 20.1 Å². The summed E-state index contributed by atoms with van der Waals surface area (Å²) in [6.45, 7) is 3.19. The Morgan fingerprint density at radius 2 is 2.38 bits per heavy atom. The second kappa shape index (κ2) is 4.14. The predicted molar refractivity (Wildman–Crippen MR) is 61.0 cm³/mol. The summed E-state index contributed by atoms with van der Waals surface area (Å²) in [6, 6.07) is 0.276. The molecule has 0 radical (unpaired) electrons. The third-order valence-electron chi connectivity index (χ3n) is 3.58. The first-order valence-corrected chi connectivity index (χ1v) is 6.20. The molecule has 0 aromatic carbocycles. The van der Waals surface area contributed by atoms with Gasteiger partial charge in [0.15, 0.2) is 5.82 Å². The van der Waals surface area contributed by atoms with Gasteiger partial charge in [-0.15, -0.1) is 0 Å². The first-order valence-electron chi connectivity index (χ1n) is 6.20. The molecule has 0 amide bonds. The van der Waals surface area contributed by atoms with Crippen molar-refractivity contribution in [2.75, 3.05) is 13.1 Å². The van der Waals surface area contributed by atoms with Crippen LogP contribution in [0.3, 0.4) is 0 Å². The Morgan fingerprint density at radius 3 is 3.19 bits per heavy atom. The number of hydrogen-bond donors (Lipinski definition) is 2. The van der Waals surface area contributed by atoms with Gasteiger partial charge >= 0.3 is 0 Å². The van der Waals surface area contributed by atoms with Gasteiger partial charge in [-0.05, 0) is 31.8 Å². The molecule has 88 valence electrons. The molecule has 5 heteroatoms. The number of aromatic nitrogens is 3. The SMILES string of the molecule is NC1CCn2nc(CC3CCNC3)nc2C1. The second-order valence-corrected chi connectivity index (χ2v) is 4.98. The van der Waals surface area contributed by atoms with Crippen molar-refractivity contribution < 1.29 is 0 Å². The number of nitrogens with zero attached hydrogens (tertiary/aromatic N) is 3. The van der Waals surface area contributed by atoms with Crippen molar-refractivity contribution in [3.8, 4) is 0 Å². The van der Waals surface area contributed by atoms with Gasteiger partial charge in [0.25, 0.3) is 0 Å². The maximum Gasteiger partial charge on any atom is 0.151 e. The minimum Gasteiger partial charge on any atom is -0.327 e. The lowest BCUT2D eigenvalue weighted by molar-refractivity contribution is 0.431. The van der Waals surface area contributed by atoms with E-state index in [0.29, 0.717) is 0 Å². The molecule has 5 nitrogen and oxygen atoms in total. The topological polar surface area (TPSA) is 68.8 Å². The van der Waals surface area contributed by atoms with Gasteiger partial charge in [0, 0.05) is 25.4 Å². The fourth-order valence-corrected chi connectivity index (χ4v) is 2.61. The minimum atomic E-state index is 0.276. The van der Waals surface area contributed by atoms with Crippen LogP contribution in [0.25, 0.3) is 0 Å². The van der Waals surface area contributed by atoms with Crippen molar-refractivity contribution in [2.45, 2.75) is 38.3 Å². The highest BCUT2D eigenvalue weighted by atomic mass is 15.4. The fraction of sp³-hybridized carbons (Fsp3) is 0.818. The summed E-state index contributed by atoms with van der Waals surface area (Å²) < 4.78 is 2.04. The van der Waals surface area contributed by atoms with Crippen LogP contribution < -0.4 is 11.1 Å². The second-order valence-electron chi connectivity index (χ2n) is 4.98. The smallest absolute Gasteiger partial charge is 0.151 e. The molecule has 3 N–H and O–H groups in total. The lowest BCUT2D eigenvalue weighted by Crippen LogP contribution is -2.31. The molecule has 0 saturated carbocycles. The van der Waals surface area contributed by atoms with Gasteiger partial charge in [0.2, 0.25) is 0 Å². The normalized spacial score (nSPS) is 29.3. The lowest BCUT2D eigenvalue weighted by Gasteiger charge is -2.17. The van der Waals surface area contributed by atoms with Gasteiger partial charge < -0.3 is 11.1 Å². The van der Waals surface area contributed by atoms with Crippen molar-refractivity contribution in [3.63, 3.8) is 0 Å². The standard InChI is InChI=1S/C11H19N5/c12-9-2-4-16-11(6-9)14-10(15-16)5-8-1-3-13-7-8/h8-9,13H,1-7,12H2. The van der Waals surface area contributed by atoms with E-state index in [9.17, 15) is 0 Å². The summed E-state index contributed by atoms with van der Waals surface area (Å²) >= 11 is 0. The summed E-state index contributed by atoms with van der Waals surface area (Å²) in [7, 11) is 0. The molecule has 1 saturated heterocycles. The first kappa shape index (κ1) is 10.2. The third kappa shape index (κ3) is 1.97. The molecule has 1 aromatic rings. The molecule has 2 aliphatic rings. The van der Waals surface area contributed by atoms with Crippen LogP contribution >= 0.6 is 0 Å². The summed E-state index contributed by atoms with van der Waals surface area (Å²) in [5.74, 6) is 2.82. The first-order chi connectivity index (χ1) is 7.81. The fourth-order valence-electron chi connectivity index (χ4n) is 2.61. The molecule has 0 bridgehead atoms. The van der Waals surface area contributed by atoms with Crippen LogP contribution in [0.2, 0.25) is 0 Å². The van der Waals surface area contributed by atoms with Crippen LogP contribution in [0.15, 0.2) is 0 Å². The van der Waals surface area contributed by atoms with Gasteiger partial charge in [-0.1, -0.05) is 0 Å². The number of nitrogens with one attached hydrogen (secondary N) is 1. The quantitative estimate of drug-likeness (QED) is 0.719. The molecule has 3 rings (SSSR count). The number of hydrogen-bond acceptors (Lipinski definition) is 4. The monoisotopic (exact) mass is 221 g/mol. The Morgan fingerprint density at radius 1 is 1.44 bits per heavy atom. The zero-order valence-corrected chi connectivity index (χ0v) is 9.52. The Kier molecular flexibility index (Phi) is 2.65. The third-order valence-corrected chi connectivity index (χ3v) is 3.58. The summed E-state index contributed by atoms with van der Waals surface area (Å²) in [4.78, 5) is 4.61. The lowest BCUT2D eigenvalue weighted by atomic mass is 10.1. The average molecular weight is 221 g/mol. The molecule has 1 fully saturated rings. The van der Waals surface area contributed by atoms with E-state index in [-0.39, 0.29) is 6.04 Å². The number of nitrogens with two attached hydrogens (primary N) is 1. The average Bonchev–Trinajstić information content (AvgIpc) is 2.86. The molecule has 0 aliphatic carbocycles. The van der Waals surface area contributed by atoms with Crippen LogP contribution in [0, 0.1) is 5.92 Å². The largest absolute Gasteiger partial charge is 0.327 e. The predicted octanol–water partition coefficient (Wildman–Crippen LogP) is -0.296. The van der Waals surface area contributed by atoms with Gasteiger partial charge in [-0.2, -0.15) is 5.10 Å². The Hall–Kier alpha value is -0.940. The van der Waals surface area contributed by atoms with Crippen LogP contribution in [-0.4, -0.2) is 33.9 Å². The Labute approximate surface area is 95.4 Å². The van der Waals surface area contributed by atoms with Crippen LogP contribution in [-0.2, 0) is 19.4 Å². The zero-order chi connectivity index (χ0) is 11.0. The summed E-state index contributed by atoms with van der Waals surface area (Å²) in [5, 5.41) is 7.95. The number of aryl methyl sites for hydroxylation is 1. The molecule has 2 unspecified atom stereocenters. The van der Waals surface area contributed by atoms with E-state index in [1.165, 1.54) is 6.42 Å². The van der Waals surface area contributed by atoms with Gasteiger partial charge in [0.1, 0.15) is 5.82 Å². The summed E-state index contributed by atoms with van der Waals surface area (Å²) in [6.07, 6.45) is 4.18. The molecular weight excluding hydrogens is 202 g/mol. The maximum absolute atomic E-state index is 5.93. The van der Waals surface area contributed by atoms with E-state index in [0.717, 1.165) is 56.5 Å². The van der Waals surface area contributed by atoms with E-state index in [1.54, 1.807) is 0 Å². The van der Waals surface area contributed by atoms with Crippen molar-refractivity contribution in [3.05, 3.63) is 11.6 Å². The van der Waals surface area contributed by atoms with E-state index in [4.69, 9.17) is 5.73 Å². The molecule has 1 aromatic heterocycles. The molecule has 0 spiro atoms. The summed E-state index contributed by atoms with van der Waals surface area (Å²) in [5.41, 5.74) is 5.93. The van der Waals surface area contributed by atoms with E-state index >= 15 is 0 Å². The molecule has 3 heterocycles. The number of rotatable bonds is 2. The van der Waals surface area contributed by atoms with Crippen molar-refractivity contribution in [1.29, 1.82) is 0 Å². The van der Waals surface area contributed by atoms with Crippen LogP contribution in [0.1, 0.15) is 24.5 Å². The van der Waals surface area contributed by atoms with Gasteiger partial charge in [-0.3, -0.25) is 0 Å². The Bertz CT molecular complexity index is 366. The van der Waals surface area contributed by atoms with Crippen molar-refractivity contribution in [2.24, 2.45) is 11.7 Å². The highest BCUT2D eigenvalue weighted by Crippen LogP contribution is 2.16. The Balaban J connectivity index is 1.71. The molecule has 2 aliphatic heterocycles.